The van der Waals surface area contributed by atoms with E-state index in [9.17, 15) is 4.79 Å². The molecule has 1 amide bonds. The first-order valence-electron chi connectivity index (χ1n) is 7.15. The second kappa shape index (κ2) is 5.80. The van der Waals surface area contributed by atoms with Crippen molar-refractivity contribution >= 4 is 22.4 Å². The van der Waals surface area contributed by atoms with Gasteiger partial charge in [0.25, 0.3) is 5.91 Å². The molecule has 2 nitrogen and oxygen atoms in total. The predicted octanol–water partition coefficient (Wildman–Crippen LogP) is 4.65. The Morgan fingerprint density at radius 1 is 0.905 bits per heavy atom. The van der Waals surface area contributed by atoms with Gasteiger partial charge in [-0.3, -0.25) is 4.79 Å². The van der Waals surface area contributed by atoms with Crippen LogP contribution in [-0.2, 0) is 6.42 Å². The van der Waals surface area contributed by atoms with Gasteiger partial charge >= 0.3 is 0 Å². The van der Waals surface area contributed by atoms with Crippen LogP contribution in [-0.4, -0.2) is 5.91 Å². The topological polar surface area (TPSA) is 29.1 Å². The number of anilines is 1. The molecule has 21 heavy (non-hydrogen) atoms. The van der Waals surface area contributed by atoms with E-state index in [1.807, 2.05) is 60.7 Å². The van der Waals surface area contributed by atoms with Crippen molar-refractivity contribution in [3.63, 3.8) is 0 Å². The second-order valence-electron chi connectivity index (χ2n) is 5.07. The van der Waals surface area contributed by atoms with E-state index >= 15 is 0 Å². The summed E-state index contributed by atoms with van der Waals surface area (Å²) >= 11 is 0. The van der Waals surface area contributed by atoms with Crippen molar-refractivity contribution in [3.05, 3.63) is 77.9 Å². The molecule has 1 N–H and O–H groups in total. The summed E-state index contributed by atoms with van der Waals surface area (Å²) in [4.78, 5) is 12.3. The van der Waals surface area contributed by atoms with Crippen molar-refractivity contribution in [1.29, 1.82) is 0 Å². The minimum absolute atomic E-state index is 0.0750. The van der Waals surface area contributed by atoms with Gasteiger partial charge in [0, 0.05) is 11.3 Å². The van der Waals surface area contributed by atoms with Crippen LogP contribution in [0.2, 0.25) is 0 Å². The highest BCUT2D eigenvalue weighted by atomic mass is 16.1. The van der Waals surface area contributed by atoms with Gasteiger partial charge in [-0.2, -0.15) is 0 Å². The van der Waals surface area contributed by atoms with Crippen LogP contribution in [0, 0.1) is 0 Å². The van der Waals surface area contributed by atoms with Crippen LogP contribution in [0.3, 0.4) is 0 Å². The summed E-state index contributed by atoms with van der Waals surface area (Å²) in [6.45, 7) is 2.10. The maximum absolute atomic E-state index is 12.3. The van der Waals surface area contributed by atoms with Crippen LogP contribution in [0.5, 0.6) is 0 Å². The summed E-state index contributed by atoms with van der Waals surface area (Å²) in [7, 11) is 0. The molecular weight excluding hydrogens is 258 g/mol. The molecule has 0 saturated carbocycles. The smallest absolute Gasteiger partial charge is 0.255 e. The molecule has 0 radical (unpaired) electrons. The third kappa shape index (κ3) is 2.95. The number of amides is 1. The van der Waals surface area contributed by atoms with E-state index in [-0.39, 0.29) is 5.91 Å². The standard InChI is InChI=1S/C19H17NO/c1-2-14-6-5-9-18(12-14)20-19(21)17-11-10-15-7-3-4-8-16(15)13-17/h3-13H,2H2,1H3,(H,20,21). The number of hydrogen-bond acceptors (Lipinski definition) is 1. The van der Waals surface area contributed by atoms with Gasteiger partial charge in [-0.05, 0) is 47.0 Å². The Hall–Kier alpha value is -2.61. The molecule has 0 fully saturated rings. The lowest BCUT2D eigenvalue weighted by molar-refractivity contribution is 0.102. The highest BCUT2D eigenvalue weighted by Crippen LogP contribution is 2.17. The minimum Gasteiger partial charge on any atom is -0.322 e. The number of nitrogens with one attached hydrogen (secondary N) is 1. The summed E-state index contributed by atoms with van der Waals surface area (Å²) < 4.78 is 0. The van der Waals surface area contributed by atoms with Gasteiger partial charge < -0.3 is 5.32 Å². The zero-order chi connectivity index (χ0) is 14.7. The summed E-state index contributed by atoms with van der Waals surface area (Å²) in [6, 6.07) is 21.8. The molecule has 104 valence electrons. The van der Waals surface area contributed by atoms with Crippen LogP contribution >= 0.6 is 0 Å². The molecule has 0 bridgehead atoms. The third-order valence-electron chi connectivity index (χ3n) is 3.60. The molecule has 0 aliphatic rings. The van der Waals surface area contributed by atoms with Gasteiger partial charge in [0.2, 0.25) is 0 Å². The number of aryl methyl sites for hydroxylation is 1. The fourth-order valence-electron chi connectivity index (χ4n) is 2.40. The molecule has 0 aliphatic carbocycles. The molecule has 0 saturated heterocycles. The predicted molar refractivity (Wildman–Crippen MR) is 87.7 cm³/mol. The molecule has 0 spiro atoms. The Morgan fingerprint density at radius 3 is 2.52 bits per heavy atom. The third-order valence-corrected chi connectivity index (χ3v) is 3.60. The lowest BCUT2D eigenvalue weighted by Crippen LogP contribution is -2.11. The maximum atomic E-state index is 12.3. The molecule has 0 unspecified atom stereocenters. The van der Waals surface area contributed by atoms with E-state index in [2.05, 4.69) is 18.3 Å². The number of benzene rings is 3. The quantitative estimate of drug-likeness (QED) is 0.740. The van der Waals surface area contributed by atoms with Crippen molar-refractivity contribution in [2.75, 3.05) is 5.32 Å². The highest BCUT2D eigenvalue weighted by Gasteiger charge is 2.07. The summed E-state index contributed by atoms with van der Waals surface area (Å²) in [5.41, 5.74) is 2.73. The monoisotopic (exact) mass is 275 g/mol. The van der Waals surface area contributed by atoms with Crippen LogP contribution in [0.15, 0.2) is 66.7 Å². The lowest BCUT2D eigenvalue weighted by atomic mass is 10.1. The van der Waals surface area contributed by atoms with Crippen LogP contribution in [0.25, 0.3) is 10.8 Å². The molecule has 0 aliphatic heterocycles. The average Bonchev–Trinajstić information content (AvgIpc) is 2.54. The molecular formula is C19H17NO. The zero-order valence-electron chi connectivity index (χ0n) is 12.0. The normalized spacial score (nSPS) is 10.5. The molecule has 0 atom stereocenters. The molecule has 3 rings (SSSR count). The fraction of sp³-hybridized carbons (Fsp3) is 0.105. The summed E-state index contributed by atoms with van der Waals surface area (Å²) in [5.74, 6) is -0.0750. The Balaban J connectivity index is 1.86. The average molecular weight is 275 g/mol. The second-order valence-corrected chi connectivity index (χ2v) is 5.07. The van der Waals surface area contributed by atoms with E-state index in [1.165, 1.54) is 5.56 Å². The first-order valence-corrected chi connectivity index (χ1v) is 7.15. The van der Waals surface area contributed by atoms with Crippen molar-refractivity contribution in [3.8, 4) is 0 Å². The summed E-state index contributed by atoms with van der Waals surface area (Å²) in [6.07, 6.45) is 0.958. The number of rotatable bonds is 3. The van der Waals surface area contributed by atoms with Gasteiger partial charge in [0.15, 0.2) is 0 Å². The largest absolute Gasteiger partial charge is 0.322 e. The summed E-state index contributed by atoms with van der Waals surface area (Å²) in [5, 5.41) is 5.18. The number of carbonyl (C=O) groups excluding carboxylic acids is 1. The van der Waals surface area contributed by atoms with Gasteiger partial charge in [0.1, 0.15) is 0 Å². The fourth-order valence-corrected chi connectivity index (χ4v) is 2.40. The number of carbonyl (C=O) groups is 1. The first kappa shape index (κ1) is 13.4. The highest BCUT2D eigenvalue weighted by molar-refractivity contribution is 6.06. The van der Waals surface area contributed by atoms with E-state index in [1.54, 1.807) is 0 Å². The maximum Gasteiger partial charge on any atom is 0.255 e. The van der Waals surface area contributed by atoms with Crippen molar-refractivity contribution < 1.29 is 4.79 Å². The molecule has 2 heteroatoms. The Morgan fingerprint density at radius 2 is 1.71 bits per heavy atom. The van der Waals surface area contributed by atoms with Crippen molar-refractivity contribution in [2.45, 2.75) is 13.3 Å². The van der Waals surface area contributed by atoms with E-state index in [0.29, 0.717) is 5.56 Å². The van der Waals surface area contributed by atoms with Crippen LogP contribution < -0.4 is 5.32 Å². The van der Waals surface area contributed by atoms with Crippen LogP contribution in [0.4, 0.5) is 5.69 Å². The van der Waals surface area contributed by atoms with E-state index in [0.717, 1.165) is 22.9 Å². The number of fused-ring (bicyclic) bond motifs is 1. The molecule has 0 heterocycles. The number of hydrogen-bond donors (Lipinski definition) is 1. The first-order chi connectivity index (χ1) is 10.3. The Bertz CT molecular complexity index is 792. The van der Waals surface area contributed by atoms with Gasteiger partial charge in [0.05, 0.1) is 0 Å². The molecule has 3 aromatic carbocycles. The zero-order valence-corrected chi connectivity index (χ0v) is 12.0. The molecule has 3 aromatic rings. The Kier molecular flexibility index (Phi) is 3.69. The van der Waals surface area contributed by atoms with E-state index in [4.69, 9.17) is 0 Å². The SMILES string of the molecule is CCc1cccc(NC(=O)c2ccc3ccccc3c2)c1. The van der Waals surface area contributed by atoms with E-state index < -0.39 is 0 Å². The lowest BCUT2D eigenvalue weighted by Gasteiger charge is -2.07. The van der Waals surface area contributed by atoms with Gasteiger partial charge in [-0.1, -0.05) is 49.4 Å². The van der Waals surface area contributed by atoms with Crippen molar-refractivity contribution in [1.82, 2.24) is 0 Å². The molecule has 0 aromatic heterocycles. The Labute approximate surface area is 124 Å². The van der Waals surface area contributed by atoms with Gasteiger partial charge in [-0.15, -0.1) is 0 Å². The minimum atomic E-state index is -0.0750. The van der Waals surface area contributed by atoms with Crippen LogP contribution in [0.1, 0.15) is 22.8 Å². The van der Waals surface area contributed by atoms with Crippen molar-refractivity contribution in [2.24, 2.45) is 0 Å². The van der Waals surface area contributed by atoms with Gasteiger partial charge in [-0.25, -0.2) is 0 Å².